The molecule has 0 aromatic rings. The molecule has 3 atom stereocenters. The van der Waals surface area contributed by atoms with Crippen molar-refractivity contribution in [3.63, 3.8) is 0 Å². The Bertz CT molecular complexity index is 415. The zero-order valence-corrected chi connectivity index (χ0v) is 11.4. The van der Waals surface area contributed by atoms with Gasteiger partial charge in [-0.15, -0.1) is 0 Å². The lowest BCUT2D eigenvalue weighted by atomic mass is 10.0. The van der Waals surface area contributed by atoms with Gasteiger partial charge in [-0.2, -0.15) is 5.26 Å². The van der Waals surface area contributed by atoms with Gasteiger partial charge in [-0.3, -0.25) is 9.59 Å². The summed E-state index contributed by atoms with van der Waals surface area (Å²) in [6, 6.07) is 1.56. The number of carbonyl (C=O) groups excluding carboxylic acids is 2. The van der Waals surface area contributed by atoms with Crippen LogP contribution >= 0.6 is 0 Å². The molecule has 19 heavy (non-hydrogen) atoms. The maximum atomic E-state index is 12.3. The maximum absolute atomic E-state index is 12.3. The molecular weight excluding hydrogens is 244 g/mol. The number of carbonyl (C=O) groups is 2. The molecule has 2 rings (SSSR count). The Labute approximate surface area is 113 Å². The standard InChI is InChI=1S/C13H20N4O2/c1-16(2)12(18)9-6-11(15-8-9)13(19)17-5-3-4-10(17)7-14/h9-11,15H,3-6,8H2,1-2H3/t9-,10-,11-/m0/s1. The molecule has 0 bridgehead atoms. The normalized spacial score (nSPS) is 30.2. The Kier molecular flexibility index (Phi) is 4.05. The van der Waals surface area contributed by atoms with Gasteiger partial charge < -0.3 is 15.1 Å². The number of nitriles is 1. The van der Waals surface area contributed by atoms with Crippen LogP contribution in [0.4, 0.5) is 0 Å². The van der Waals surface area contributed by atoms with E-state index >= 15 is 0 Å². The van der Waals surface area contributed by atoms with Crippen molar-refractivity contribution in [1.29, 1.82) is 5.26 Å². The van der Waals surface area contributed by atoms with Gasteiger partial charge in [-0.05, 0) is 19.3 Å². The minimum atomic E-state index is -0.317. The number of rotatable bonds is 2. The van der Waals surface area contributed by atoms with Gasteiger partial charge in [-0.25, -0.2) is 0 Å². The third-order valence-electron chi connectivity index (χ3n) is 3.90. The number of likely N-dealkylation sites (tertiary alicyclic amines) is 1. The Morgan fingerprint density at radius 1 is 1.42 bits per heavy atom. The minimum Gasteiger partial charge on any atom is -0.349 e. The molecule has 6 heteroatoms. The van der Waals surface area contributed by atoms with Gasteiger partial charge in [0.05, 0.1) is 18.0 Å². The van der Waals surface area contributed by atoms with E-state index in [1.807, 2.05) is 0 Å². The van der Waals surface area contributed by atoms with Gasteiger partial charge in [-0.1, -0.05) is 0 Å². The average molecular weight is 264 g/mol. The highest BCUT2D eigenvalue weighted by atomic mass is 16.2. The molecular formula is C13H20N4O2. The highest BCUT2D eigenvalue weighted by Gasteiger charge is 2.39. The summed E-state index contributed by atoms with van der Waals surface area (Å²) >= 11 is 0. The number of nitrogens with zero attached hydrogens (tertiary/aromatic N) is 3. The van der Waals surface area contributed by atoms with Crippen molar-refractivity contribution in [2.24, 2.45) is 5.92 Å². The number of hydrogen-bond donors (Lipinski definition) is 1. The Balaban J connectivity index is 1.96. The predicted molar refractivity (Wildman–Crippen MR) is 68.9 cm³/mol. The Hall–Kier alpha value is -1.61. The highest BCUT2D eigenvalue weighted by molar-refractivity contribution is 5.86. The molecule has 0 spiro atoms. The lowest BCUT2D eigenvalue weighted by molar-refractivity contribution is -0.133. The second kappa shape index (κ2) is 5.57. The quantitative estimate of drug-likeness (QED) is 0.734. The molecule has 0 aromatic carbocycles. The van der Waals surface area contributed by atoms with E-state index < -0.39 is 0 Å². The fourth-order valence-corrected chi connectivity index (χ4v) is 2.84. The largest absolute Gasteiger partial charge is 0.349 e. The number of amides is 2. The molecule has 2 aliphatic heterocycles. The Morgan fingerprint density at radius 3 is 2.79 bits per heavy atom. The molecule has 2 saturated heterocycles. The van der Waals surface area contributed by atoms with Crippen LogP contribution in [0.3, 0.4) is 0 Å². The molecule has 6 nitrogen and oxygen atoms in total. The highest BCUT2D eigenvalue weighted by Crippen LogP contribution is 2.22. The van der Waals surface area contributed by atoms with Crippen molar-refractivity contribution >= 4 is 11.8 Å². The van der Waals surface area contributed by atoms with Crippen LogP contribution < -0.4 is 5.32 Å². The van der Waals surface area contributed by atoms with Crippen LogP contribution in [-0.2, 0) is 9.59 Å². The summed E-state index contributed by atoms with van der Waals surface area (Å²) in [7, 11) is 3.45. The third-order valence-corrected chi connectivity index (χ3v) is 3.90. The van der Waals surface area contributed by atoms with E-state index in [4.69, 9.17) is 5.26 Å². The van der Waals surface area contributed by atoms with Crippen LogP contribution in [0, 0.1) is 17.2 Å². The van der Waals surface area contributed by atoms with E-state index in [9.17, 15) is 9.59 Å². The monoisotopic (exact) mass is 264 g/mol. The maximum Gasteiger partial charge on any atom is 0.240 e. The SMILES string of the molecule is CN(C)C(=O)[C@@H]1CN[C@H](C(=O)N2CCC[C@H]2C#N)C1. The Morgan fingerprint density at radius 2 is 2.16 bits per heavy atom. The molecule has 0 aromatic heterocycles. The van der Waals surface area contributed by atoms with Crippen molar-refractivity contribution < 1.29 is 9.59 Å². The van der Waals surface area contributed by atoms with Crippen LogP contribution in [-0.4, -0.2) is 60.9 Å². The molecule has 104 valence electrons. The van der Waals surface area contributed by atoms with Gasteiger partial charge in [0.15, 0.2) is 0 Å². The predicted octanol–water partition coefficient (Wildman–Crippen LogP) is -0.433. The van der Waals surface area contributed by atoms with Gasteiger partial charge in [0.25, 0.3) is 0 Å². The fraction of sp³-hybridized carbons (Fsp3) is 0.769. The first kappa shape index (κ1) is 13.8. The molecule has 0 saturated carbocycles. The smallest absolute Gasteiger partial charge is 0.240 e. The summed E-state index contributed by atoms with van der Waals surface area (Å²) in [5.74, 6) is -0.105. The summed E-state index contributed by atoms with van der Waals surface area (Å²) in [6.07, 6.45) is 2.18. The average Bonchev–Trinajstić information content (AvgIpc) is 3.05. The van der Waals surface area contributed by atoms with E-state index in [2.05, 4.69) is 11.4 Å². The first-order valence-corrected chi connectivity index (χ1v) is 6.69. The summed E-state index contributed by atoms with van der Waals surface area (Å²) in [5, 5.41) is 12.1. The van der Waals surface area contributed by atoms with Gasteiger partial charge in [0.2, 0.25) is 11.8 Å². The second-order valence-electron chi connectivity index (χ2n) is 5.44. The van der Waals surface area contributed by atoms with Crippen molar-refractivity contribution in [3.05, 3.63) is 0 Å². The molecule has 1 N–H and O–H groups in total. The molecule has 0 aliphatic carbocycles. The van der Waals surface area contributed by atoms with Crippen molar-refractivity contribution in [1.82, 2.24) is 15.1 Å². The molecule has 0 unspecified atom stereocenters. The molecule has 2 aliphatic rings. The first-order valence-electron chi connectivity index (χ1n) is 6.69. The zero-order valence-electron chi connectivity index (χ0n) is 11.4. The van der Waals surface area contributed by atoms with Crippen LogP contribution in [0.1, 0.15) is 19.3 Å². The lowest BCUT2D eigenvalue weighted by Crippen LogP contribution is -2.45. The first-order chi connectivity index (χ1) is 9.04. The van der Waals surface area contributed by atoms with Gasteiger partial charge in [0.1, 0.15) is 6.04 Å². The van der Waals surface area contributed by atoms with Crippen LogP contribution in [0.2, 0.25) is 0 Å². The van der Waals surface area contributed by atoms with Crippen LogP contribution in [0.15, 0.2) is 0 Å². The number of nitrogens with one attached hydrogen (secondary N) is 1. The van der Waals surface area contributed by atoms with Gasteiger partial charge >= 0.3 is 0 Å². The van der Waals surface area contributed by atoms with Crippen LogP contribution in [0.5, 0.6) is 0 Å². The van der Waals surface area contributed by atoms with E-state index in [0.717, 1.165) is 12.8 Å². The van der Waals surface area contributed by atoms with E-state index in [-0.39, 0.29) is 29.8 Å². The molecule has 2 heterocycles. The number of hydrogen-bond acceptors (Lipinski definition) is 4. The third kappa shape index (κ3) is 2.71. The second-order valence-corrected chi connectivity index (χ2v) is 5.44. The summed E-state index contributed by atoms with van der Waals surface area (Å²) in [4.78, 5) is 27.4. The van der Waals surface area contributed by atoms with Crippen molar-refractivity contribution in [2.75, 3.05) is 27.2 Å². The van der Waals surface area contributed by atoms with Gasteiger partial charge in [0, 0.05) is 27.2 Å². The van der Waals surface area contributed by atoms with Crippen LogP contribution in [0.25, 0.3) is 0 Å². The lowest BCUT2D eigenvalue weighted by Gasteiger charge is -2.23. The summed E-state index contributed by atoms with van der Waals surface area (Å²) < 4.78 is 0. The fourth-order valence-electron chi connectivity index (χ4n) is 2.84. The van der Waals surface area contributed by atoms with E-state index in [1.165, 1.54) is 0 Å². The van der Waals surface area contributed by atoms with E-state index in [1.54, 1.807) is 23.9 Å². The summed E-state index contributed by atoms with van der Waals surface area (Å²) in [6.45, 7) is 1.19. The molecule has 2 fully saturated rings. The minimum absolute atomic E-state index is 0.0295. The van der Waals surface area contributed by atoms with Crippen molar-refractivity contribution in [3.8, 4) is 6.07 Å². The molecule has 0 radical (unpaired) electrons. The summed E-state index contributed by atoms with van der Waals surface area (Å²) in [5.41, 5.74) is 0. The molecule has 2 amide bonds. The van der Waals surface area contributed by atoms with E-state index in [0.29, 0.717) is 19.5 Å². The topological polar surface area (TPSA) is 76.4 Å². The zero-order chi connectivity index (χ0) is 14.0. The van der Waals surface area contributed by atoms with Crippen molar-refractivity contribution in [2.45, 2.75) is 31.3 Å².